The summed E-state index contributed by atoms with van der Waals surface area (Å²) in [5.74, 6) is 0. The van der Waals surface area contributed by atoms with E-state index in [1.165, 1.54) is 4.88 Å². The van der Waals surface area contributed by atoms with Crippen molar-refractivity contribution >= 4 is 46.2 Å². The molecule has 0 bridgehead atoms. The first kappa shape index (κ1) is 9.76. The quantitative estimate of drug-likeness (QED) is 0.571. The zero-order valence-corrected chi connectivity index (χ0v) is 9.16. The summed E-state index contributed by atoms with van der Waals surface area (Å²) < 4.78 is 1.15. The summed E-state index contributed by atoms with van der Waals surface area (Å²) in [5.41, 5.74) is 1.67. The molecule has 0 saturated carbocycles. The van der Waals surface area contributed by atoms with Crippen molar-refractivity contribution in [2.24, 2.45) is 0 Å². The molecule has 1 aromatic heterocycles. The van der Waals surface area contributed by atoms with Crippen LogP contribution in [0.15, 0.2) is 24.3 Å². The van der Waals surface area contributed by atoms with Crippen molar-refractivity contribution in [1.29, 1.82) is 0 Å². The van der Waals surface area contributed by atoms with Gasteiger partial charge in [0.15, 0.2) is 0 Å². The van der Waals surface area contributed by atoms with Crippen LogP contribution in [0.3, 0.4) is 0 Å². The highest BCUT2D eigenvalue weighted by atomic mass is 32.1. The highest BCUT2D eigenvalue weighted by Crippen LogP contribution is 2.34. The Morgan fingerprint density at radius 3 is 2.94 bits per heavy atom. The minimum atomic E-state index is -1.41. The van der Waals surface area contributed by atoms with Gasteiger partial charge in [0, 0.05) is 11.5 Å². The average Bonchev–Trinajstić information content (AvgIpc) is 2.66. The molecule has 0 radical (unpaired) electrons. The Kier molecular flexibility index (Phi) is 2.16. The fourth-order valence-corrected chi connectivity index (χ4v) is 2.91. The van der Waals surface area contributed by atoms with E-state index in [-0.39, 0.29) is 0 Å². The van der Waals surface area contributed by atoms with Gasteiger partial charge >= 0.3 is 7.12 Å². The maximum atomic E-state index is 9.15. The van der Waals surface area contributed by atoms with Crippen molar-refractivity contribution in [2.75, 3.05) is 0 Å². The number of fused-ring (bicyclic) bond motifs is 3. The van der Waals surface area contributed by atoms with Crippen LogP contribution in [0.4, 0.5) is 0 Å². The highest BCUT2D eigenvalue weighted by molar-refractivity contribution is 7.20. The molecule has 2 nitrogen and oxygen atoms in total. The summed E-state index contributed by atoms with van der Waals surface area (Å²) in [5, 5.41) is 19.4. The summed E-state index contributed by atoms with van der Waals surface area (Å²) in [6, 6.07) is 5.50. The van der Waals surface area contributed by atoms with Crippen molar-refractivity contribution in [3.8, 4) is 0 Å². The first-order valence-corrected chi connectivity index (χ1v) is 5.76. The third-order valence-electron chi connectivity index (χ3n) is 2.64. The number of thiophene rings is 1. The fourth-order valence-electron chi connectivity index (χ4n) is 1.85. The van der Waals surface area contributed by atoms with Crippen molar-refractivity contribution < 1.29 is 10.0 Å². The lowest BCUT2D eigenvalue weighted by atomic mass is 9.79. The SMILES string of the molecule is OB(O)c1ccc2sc3c(c2c1)C=C[C+]=C3. The van der Waals surface area contributed by atoms with Gasteiger partial charge < -0.3 is 10.0 Å². The van der Waals surface area contributed by atoms with Crippen LogP contribution in [-0.2, 0) is 0 Å². The van der Waals surface area contributed by atoms with Gasteiger partial charge in [-0.1, -0.05) is 23.5 Å². The molecule has 1 aliphatic rings. The Hall–Kier alpha value is -1.45. The molecule has 2 aromatic rings. The molecule has 0 spiro atoms. The number of rotatable bonds is 1. The molecule has 0 aliphatic heterocycles. The third kappa shape index (κ3) is 1.40. The van der Waals surface area contributed by atoms with Gasteiger partial charge in [-0.3, -0.25) is 0 Å². The van der Waals surface area contributed by atoms with Gasteiger partial charge in [0.25, 0.3) is 0 Å². The van der Waals surface area contributed by atoms with E-state index < -0.39 is 7.12 Å². The lowest BCUT2D eigenvalue weighted by molar-refractivity contribution is 0.426. The minimum Gasteiger partial charge on any atom is -0.423 e. The number of hydrogen-bond donors (Lipinski definition) is 2. The lowest BCUT2D eigenvalue weighted by Crippen LogP contribution is -2.29. The normalized spacial score (nSPS) is 12.6. The second kappa shape index (κ2) is 3.54. The molecule has 2 N–H and O–H groups in total. The molecule has 0 fully saturated rings. The largest absolute Gasteiger partial charge is 0.488 e. The van der Waals surface area contributed by atoms with Gasteiger partial charge in [-0.2, -0.15) is 0 Å². The number of allylic oxidation sites excluding steroid dienone is 2. The Morgan fingerprint density at radius 1 is 1.25 bits per heavy atom. The molecule has 76 valence electrons. The van der Waals surface area contributed by atoms with Gasteiger partial charge in [0.2, 0.25) is 0 Å². The average molecular weight is 227 g/mol. The van der Waals surface area contributed by atoms with Crippen LogP contribution in [0.25, 0.3) is 22.2 Å². The predicted molar refractivity (Wildman–Crippen MR) is 68.4 cm³/mol. The molecule has 4 heteroatoms. The molecule has 3 rings (SSSR count). The van der Waals surface area contributed by atoms with Crippen LogP contribution in [0.5, 0.6) is 0 Å². The lowest BCUT2D eigenvalue weighted by Gasteiger charge is -1.98. The molecule has 16 heavy (non-hydrogen) atoms. The Bertz CT molecular complexity index is 611. The molecule has 1 heterocycles. The van der Waals surface area contributed by atoms with E-state index in [1.807, 2.05) is 30.4 Å². The maximum absolute atomic E-state index is 9.15. The smallest absolute Gasteiger partial charge is 0.423 e. The van der Waals surface area contributed by atoms with E-state index in [2.05, 4.69) is 6.08 Å². The van der Waals surface area contributed by atoms with E-state index in [9.17, 15) is 0 Å². The number of hydrogen-bond acceptors (Lipinski definition) is 3. The fraction of sp³-hybridized carbons (Fsp3) is 0. The van der Waals surface area contributed by atoms with E-state index in [4.69, 9.17) is 10.0 Å². The van der Waals surface area contributed by atoms with E-state index in [0.717, 1.165) is 15.6 Å². The van der Waals surface area contributed by atoms with Crippen LogP contribution in [0.1, 0.15) is 10.4 Å². The van der Waals surface area contributed by atoms with Crippen molar-refractivity contribution in [3.63, 3.8) is 0 Å². The van der Waals surface area contributed by atoms with E-state index in [1.54, 1.807) is 17.4 Å². The summed E-state index contributed by atoms with van der Waals surface area (Å²) in [4.78, 5) is 1.17. The zero-order chi connectivity index (χ0) is 11.1. The number of benzene rings is 1. The second-order valence-electron chi connectivity index (χ2n) is 3.65. The second-order valence-corrected chi connectivity index (χ2v) is 4.74. The van der Waals surface area contributed by atoms with Crippen LogP contribution in [0.2, 0.25) is 0 Å². The van der Waals surface area contributed by atoms with Crippen LogP contribution >= 0.6 is 11.3 Å². The molecule has 1 aromatic carbocycles. The first-order valence-electron chi connectivity index (χ1n) is 4.94. The van der Waals surface area contributed by atoms with Gasteiger partial charge in [-0.15, -0.1) is 0 Å². The summed E-state index contributed by atoms with van der Waals surface area (Å²) in [6.45, 7) is 0. The van der Waals surface area contributed by atoms with Crippen LogP contribution < -0.4 is 5.46 Å². The summed E-state index contributed by atoms with van der Waals surface area (Å²) >= 11 is 1.69. The monoisotopic (exact) mass is 227 g/mol. The molecular formula is C12H8BO2S+. The molecular weight excluding hydrogens is 219 g/mol. The third-order valence-corrected chi connectivity index (χ3v) is 3.77. The maximum Gasteiger partial charge on any atom is 0.488 e. The molecule has 1 aliphatic carbocycles. The van der Waals surface area contributed by atoms with Gasteiger partial charge in [-0.25, -0.2) is 0 Å². The zero-order valence-electron chi connectivity index (χ0n) is 8.34. The van der Waals surface area contributed by atoms with Crippen LogP contribution in [0, 0.1) is 6.08 Å². The molecule has 0 amide bonds. The van der Waals surface area contributed by atoms with E-state index >= 15 is 0 Å². The standard InChI is InChI=1S/C12H8BO2S/c14-13(15)8-5-6-12-10(7-8)9-3-1-2-4-11(9)16-12/h1,3-7,14-15H/q+1. The van der Waals surface area contributed by atoms with Crippen molar-refractivity contribution in [1.82, 2.24) is 0 Å². The predicted octanol–water partition coefficient (Wildman–Crippen LogP) is 1.42. The summed E-state index contributed by atoms with van der Waals surface area (Å²) in [6.07, 6.45) is 8.87. The van der Waals surface area contributed by atoms with E-state index in [0.29, 0.717) is 5.46 Å². The molecule has 0 atom stereocenters. The minimum absolute atomic E-state index is 0.528. The van der Waals surface area contributed by atoms with Gasteiger partial charge in [-0.05, 0) is 11.5 Å². The van der Waals surface area contributed by atoms with Crippen LogP contribution in [-0.4, -0.2) is 17.2 Å². The summed E-state index contributed by atoms with van der Waals surface area (Å²) in [7, 11) is -1.41. The van der Waals surface area contributed by atoms with Crippen molar-refractivity contribution in [2.45, 2.75) is 0 Å². The van der Waals surface area contributed by atoms with Gasteiger partial charge in [0.1, 0.15) is 22.6 Å². The topological polar surface area (TPSA) is 40.5 Å². The first-order chi connectivity index (χ1) is 7.75. The van der Waals surface area contributed by atoms with Crippen molar-refractivity contribution in [3.05, 3.63) is 40.8 Å². The Morgan fingerprint density at radius 2 is 2.12 bits per heavy atom. The van der Waals surface area contributed by atoms with Gasteiger partial charge in [0.05, 0.1) is 10.8 Å². The Balaban J connectivity index is 2.30. The Labute approximate surface area is 97.3 Å². The molecule has 0 saturated heterocycles. The highest BCUT2D eigenvalue weighted by Gasteiger charge is 2.19. The molecule has 0 unspecified atom stereocenters.